The van der Waals surface area contributed by atoms with Crippen molar-refractivity contribution < 1.29 is 23.1 Å². The highest BCUT2D eigenvalue weighted by atomic mass is 19.4. The van der Waals surface area contributed by atoms with Crippen LogP contribution in [0.3, 0.4) is 0 Å². The van der Waals surface area contributed by atoms with E-state index < -0.39 is 17.7 Å². The van der Waals surface area contributed by atoms with Gasteiger partial charge in [-0.05, 0) is 12.1 Å². The van der Waals surface area contributed by atoms with E-state index in [-0.39, 0.29) is 11.8 Å². The molecular formula is C9H6F3NO2. The SMILES string of the molecule is O=C(/C=C(\O)c1ccccn1)C(F)(F)F. The standard InChI is InChI=1S/C9H6F3NO2/c10-9(11,12)8(15)5-7(14)6-3-1-2-4-13-6/h1-5,14H/b7-5-. The molecule has 0 spiro atoms. The van der Waals surface area contributed by atoms with Gasteiger partial charge in [-0.25, -0.2) is 0 Å². The fourth-order valence-electron chi connectivity index (χ4n) is 0.794. The second kappa shape index (κ2) is 4.12. The molecule has 0 unspecified atom stereocenters. The van der Waals surface area contributed by atoms with Crippen LogP contribution in [-0.4, -0.2) is 22.1 Å². The Hall–Kier alpha value is -1.85. The molecule has 0 saturated heterocycles. The molecule has 6 heteroatoms. The van der Waals surface area contributed by atoms with Crippen molar-refractivity contribution in [3.8, 4) is 0 Å². The Morgan fingerprint density at radius 2 is 2.07 bits per heavy atom. The van der Waals surface area contributed by atoms with Crippen LogP contribution in [-0.2, 0) is 4.79 Å². The molecule has 0 aromatic carbocycles. The molecular weight excluding hydrogens is 211 g/mol. The maximum Gasteiger partial charge on any atom is 0.454 e. The fraction of sp³-hybridized carbons (Fsp3) is 0.111. The maximum atomic E-state index is 11.8. The number of pyridine rings is 1. The number of aromatic nitrogens is 1. The van der Waals surface area contributed by atoms with Crippen molar-refractivity contribution in [2.75, 3.05) is 0 Å². The number of carbonyl (C=O) groups excluding carboxylic acids is 1. The topological polar surface area (TPSA) is 50.2 Å². The van der Waals surface area contributed by atoms with Crippen molar-refractivity contribution in [2.24, 2.45) is 0 Å². The molecule has 0 bridgehead atoms. The van der Waals surface area contributed by atoms with Gasteiger partial charge in [0.25, 0.3) is 5.78 Å². The van der Waals surface area contributed by atoms with Gasteiger partial charge < -0.3 is 5.11 Å². The molecule has 15 heavy (non-hydrogen) atoms. The van der Waals surface area contributed by atoms with Crippen molar-refractivity contribution in [1.29, 1.82) is 0 Å². The first-order chi connectivity index (χ1) is 6.91. The van der Waals surface area contributed by atoms with Gasteiger partial charge in [0.1, 0.15) is 11.5 Å². The largest absolute Gasteiger partial charge is 0.506 e. The van der Waals surface area contributed by atoms with E-state index in [1.54, 1.807) is 0 Å². The van der Waals surface area contributed by atoms with Crippen molar-refractivity contribution >= 4 is 11.5 Å². The van der Waals surface area contributed by atoms with Crippen molar-refractivity contribution in [3.63, 3.8) is 0 Å². The van der Waals surface area contributed by atoms with Gasteiger partial charge in [-0.1, -0.05) is 6.07 Å². The molecule has 0 radical (unpaired) electrons. The van der Waals surface area contributed by atoms with Crippen LogP contribution < -0.4 is 0 Å². The van der Waals surface area contributed by atoms with Crippen LogP contribution in [0.15, 0.2) is 30.5 Å². The molecule has 1 aromatic heterocycles. The summed E-state index contributed by atoms with van der Waals surface area (Å²) in [6, 6.07) is 4.29. The first-order valence-electron chi connectivity index (χ1n) is 3.84. The molecule has 80 valence electrons. The van der Waals surface area contributed by atoms with E-state index in [2.05, 4.69) is 4.98 Å². The van der Waals surface area contributed by atoms with Gasteiger partial charge in [0.2, 0.25) is 0 Å². The number of nitrogens with zero attached hydrogens (tertiary/aromatic N) is 1. The van der Waals surface area contributed by atoms with Gasteiger partial charge in [-0.2, -0.15) is 13.2 Å². The summed E-state index contributed by atoms with van der Waals surface area (Å²) in [5.41, 5.74) is -0.0879. The van der Waals surface area contributed by atoms with Gasteiger partial charge >= 0.3 is 6.18 Å². The number of allylic oxidation sites excluding steroid dienone is 1. The number of hydrogen-bond donors (Lipinski definition) is 1. The summed E-state index contributed by atoms with van der Waals surface area (Å²) in [7, 11) is 0. The summed E-state index contributed by atoms with van der Waals surface area (Å²) >= 11 is 0. The van der Waals surface area contributed by atoms with Gasteiger partial charge in [0.05, 0.1) is 0 Å². The minimum absolute atomic E-state index is 0.0879. The number of hydrogen-bond acceptors (Lipinski definition) is 3. The molecule has 0 aliphatic carbocycles. The smallest absolute Gasteiger partial charge is 0.454 e. The minimum atomic E-state index is -4.98. The predicted molar refractivity (Wildman–Crippen MR) is 45.9 cm³/mol. The van der Waals surface area contributed by atoms with E-state index in [1.807, 2.05) is 0 Å². The quantitative estimate of drug-likeness (QED) is 0.609. The third-order valence-corrected chi connectivity index (χ3v) is 1.47. The highest BCUT2D eigenvalue weighted by molar-refractivity contribution is 5.98. The molecule has 1 rings (SSSR count). The Bertz CT molecular complexity index is 384. The number of alkyl halides is 3. The van der Waals surface area contributed by atoms with Crippen LogP contribution in [0.25, 0.3) is 5.76 Å². The van der Waals surface area contributed by atoms with Crippen LogP contribution in [0.4, 0.5) is 13.2 Å². The maximum absolute atomic E-state index is 11.8. The van der Waals surface area contributed by atoms with E-state index >= 15 is 0 Å². The van der Waals surface area contributed by atoms with Crippen molar-refractivity contribution in [3.05, 3.63) is 36.2 Å². The van der Waals surface area contributed by atoms with Crippen LogP contribution in [0, 0.1) is 0 Å². The second-order valence-corrected chi connectivity index (χ2v) is 2.61. The Balaban J connectivity index is 2.91. The number of carbonyl (C=O) groups is 1. The highest BCUT2D eigenvalue weighted by Gasteiger charge is 2.37. The Kier molecular flexibility index (Phi) is 3.08. The third kappa shape index (κ3) is 3.08. The summed E-state index contributed by atoms with van der Waals surface area (Å²) in [6.07, 6.45) is -3.59. The minimum Gasteiger partial charge on any atom is -0.506 e. The molecule has 0 amide bonds. The molecule has 1 aromatic rings. The van der Waals surface area contributed by atoms with Crippen LogP contribution in [0.5, 0.6) is 0 Å². The first kappa shape index (κ1) is 11.2. The number of rotatable bonds is 2. The van der Waals surface area contributed by atoms with Crippen LogP contribution in [0.1, 0.15) is 5.69 Å². The van der Waals surface area contributed by atoms with Gasteiger partial charge in [-0.3, -0.25) is 9.78 Å². The monoisotopic (exact) mass is 217 g/mol. The first-order valence-corrected chi connectivity index (χ1v) is 3.84. The lowest BCUT2D eigenvalue weighted by Gasteiger charge is -2.01. The lowest BCUT2D eigenvalue weighted by Crippen LogP contribution is -2.20. The van der Waals surface area contributed by atoms with Crippen LogP contribution in [0.2, 0.25) is 0 Å². The third-order valence-electron chi connectivity index (χ3n) is 1.47. The molecule has 0 saturated carbocycles. The molecule has 3 nitrogen and oxygen atoms in total. The number of ketones is 1. The molecule has 0 fully saturated rings. The van der Waals surface area contributed by atoms with Gasteiger partial charge in [0.15, 0.2) is 0 Å². The predicted octanol–water partition coefficient (Wildman–Crippen LogP) is 2.11. The zero-order valence-corrected chi connectivity index (χ0v) is 7.32. The summed E-state index contributed by atoms with van der Waals surface area (Å²) in [5, 5.41) is 9.13. The van der Waals surface area contributed by atoms with E-state index in [0.29, 0.717) is 0 Å². The zero-order chi connectivity index (χ0) is 11.5. The van der Waals surface area contributed by atoms with E-state index in [1.165, 1.54) is 24.4 Å². The van der Waals surface area contributed by atoms with Gasteiger partial charge in [-0.15, -0.1) is 0 Å². The Labute approximate surface area is 82.9 Å². The van der Waals surface area contributed by atoms with Crippen molar-refractivity contribution in [1.82, 2.24) is 4.98 Å². The number of aliphatic hydroxyl groups excluding tert-OH is 1. The number of halogens is 3. The van der Waals surface area contributed by atoms with Gasteiger partial charge in [0, 0.05) is 12.3 Å². The summed E-state index contributed by atoms with van der Waals surface area (Å²) in [5.74, 6) is -2.93. The summed E-state index contributed by atoms with van der Waals surface area (Å²) in [4.78, 5) is 14.0. The van der Waals surface area contributed by atoms with E-state index in [4.69, 9.17) is 5.11 Å². The average Bonchev–Trinajstić information content (AvgIpc) is 2.17. The number of aliphatic hydroxyl groups is 1. The molecule has 1 N–H and O–H groups in total. The van der Waals surface area contributed by atoms with E-state index in [9.17, 15) is 18.0 Å². The average molecular weight is 217 g/mol. The lowest BCUT2D eigenvalue weighted by atomic mass is 10.2. The van der Waals surface area contributed by atoms with Crippen molar-refractivity contribution in [2.45, 2.75) is 6.18 Å². The summed E-state index contributed by atoms with van der Waals surface area (Å²) in [6.45, 7) is 0. The normalized spacial score (nSPS) is 12.6. The van der Waals surface area contributed by atoms with E-state index in [0.717, 1.165) is 0 Å². The molecule has 1 heterocycles. The fourth-order valence-corrected chi connectivity index (χ4v) is 0.794. The zero-order valence-electron chi connectivity index (χ0n) is 7.32. The Morgan fingerprint density at radius 3 is 2.53 bits per heavy atom. The molecule has 0 aliphatic heterocycles. The summed E-state index contributed by atoms with van der Waals surface area (Å²) < 4.78 is 35.4. The molecule has 0 atom stereocenters. The Morgan fingerprint density at radius 1 is 1.40 bits per heavy atom. The lowest BCUT2D eigenvalue weighted by molar-refractivity contribution is -0.165. The highest BCUT2D eigenvalue weighted by Crippen LogP contribution is 2.18. The van der Waals surface area contributed by atoms with Crippen LogP contribution >= 0.6 is 0 Å². The second-order valence-electron chi connectivity index (χ2n) is 2.61. The molecule has 0 aliphatic rings.